The van der Waals surface area contributed by atoms with Crippen LogP contribution in [0.25, 0.3) is 28.4 Å². The summed E-state index contributed by atoms with van der Waals surface area (Å²) in [7, 11) is 1.69. The van der Waals surface area contributed by atoms with Gasteiger partial charge in [-0.1, -0.05) is 0 Å². The largest absolute Gasteiger partial charge is 0.489 e. The molecule has 214 valence electrons. The van der Waals surface area contributed by atoms with Crippen LogP contribution in [0.2, 0.25) is 0 Å². The van der Waals surface area contributed by atoms with Crippen molar-refractivity contribution in [1.29, 1.82) is 0 Å². The molecule has 1 unspecified atom stereocenters. The number of imidazole rings is 1. The van der Waals surface area contributed by atoms with Crippen molar-refractivity contribution < 1.29 is 13.5 Å². The second kappa shape index (κ2) is 10.2. The van der Waals surface area contributed by atoms with Crippen molar-refractivity contribution in [2.24, 2.45) is 7.05 Å². The first-order chi connectivity index (χ1) is 20.0. The van der Waals surface area contributed by atoms with Crippen LogP contribution in [-0.4, -0.2) is 85.5 Å². The molecule has 1 aromatic carbocycles. The number of ether oxygens (including phenoxy) is 1. The number of anilines is 2. The van der Waals surface area contributed by atoms with Crippen LogP contribution in [-0.2, 0) is 13.6 Å². The molecular weight excluding hydrogens is 531 g/mol. The van der Waals surface area contributed by atoms with Crippen LogP contribution in [0.4, 0.5) is 16.0 Å². The molecule has 0 spiro atoms. The van der Waals surface area contributed by atoms with Gasteiger partial charge in [-0.25, -0.2) is 14.2 Å². The maximum atomic E-state index is 15.0. The van der Waals surface area contributed by atoms with E-state index in [0.29, 0.717) is 66.0 Å². The molecule has 0 aliphatic carbocycles. The first kappa shape index (κ1) is 25.5. The summed E-state index contributed by atoms with van der Waals surface area (Å²) in [6, 6.07) is 8.64. The molecule has 2 fully saturated rings. The van der Waals surface area contributed by atoms with Gasteiger partial charge in [0.05, 0.1) is 12.0 Å². The van der Waals surface area contributed by atoms with Gasteiger partial charge in [-0.3, -0.25) is 14.0 Å². The first-order valence-electron chi connectivity index (χ1n) is 13.8. The Morgan fingerprint density at radius 1 is 1.15 bits per heavy atom. The molecule has 7 rings (SSSR count). The summed E-state index contributed by atoms with van der Waals surface area (Å²) in [5, 5.41) is 7.67. The van der Waals surface area contributed by atoms with Gasteiger partial charge < -0.3 is 25.1 Å². The fraction of sp³-hybridized carbons (Fsp3) is 0.407. The van der Waals surface area contributed by atoms with Gasteiger partial charge >= 0.3 is 5.69 Å². The van der Waals surface area contributed by atoms with Crippen LogP contribution in [0.5, 0.6) is 5.75 Å². The second-order valence-electron chi connectivity index (χ2n) is 10.5. The zero-order chi connectivity index (χ0) is 28.1. The van der Waals surface area contributed by atoms with Gasteiger partial charge in [-0.15, -0.1) is 5.10 Å². The SMILES string of the molecule is Cn1c(=O)n(CCN2CCN(c3ccc(OC4CCNC4)cc3F)CC2)c2nc(N)n3nc(-c4ccco4)nc3c21. The van der Waals surface area contributed by atoms with E-state index < -0.39 is 0 Å². The molecule has 0 amide bonds. The predicted octanol–water partition coefficient (Wildman–Crippen LogP) is 1.32. The number of nitrogen functional groups attached to an aromatic ring is 1. The third kappa shape index (κ3) is 4.58. The number of nitrogens with one attached hydrogen (secondary N) is 1. The van der Waals surface area contributed by atoms with Crippen molar-refractivity contribution in [2.45, 2.75) is 19.1 Å². The molecule has 0 radical (unpaired) electrons. The number of aryl methyl sites for hydroxylation is 1. The summed E-state index contributed by atoms with van der Waals surface area (Å²) in [6.07, 6.45) is 2.56. The number of nitrogens with two attached hydrogens (primary N) is 1. The van der Waals surface area contributed by atoms with Crippen LogP contribution in [0.1, 0.15) is 6.42 Å². The fourth-order valence-corrected chi connectivity index (χ4v) is 5.69. The lowest BCUT2D eigenvalue weighted by molar-refractivity contribution is 0.222. The third-order valence-corrected chi connectivity index (χ3v) is 7.91. The summed E-state index contributed by atoms with van der Waals surface area (Å²) in [5.74, 6) is 1.27. The number of benzene rings is 1. The Morgan fingerprint density at radius 2 is 2.00 bits per heavy atom. The number of nitrogens with zero attached hydrogens (tertiary/aromatic N) is 8. The van der Waals surface area contributed by atoms with Gasteiger partial charge in [0.1, 0.15) is 23.2 Å². The van der Waals surface area contributed by atoms with Crippen molar-refractivity contribution in [2.75, 3.05) is 56.4 Å². The quantitative estimate of drug-likeness (QED) is 0.299. The number of hydrogen-bond donors (Lipinski definition) is 2. The molecule has 0 bridgehead atoms. The number of piperazine rings is 1. The van der Waals surface area contributed by atoms with Gasteiger partial charge in [-0.2, -0.15) is 9.50 Å². The molecule has 1 atom stereocenters. The van der Waals surface area contributed by atoms with Crippen molar-refractivity contribution in [3.05, 3.63) is 52.9 Å². The first-order valence-corrected chi connectivity index (χ1v) is 13.8. The van der Waals surface area contributed by atoms with Gasteiger partial charge in [0.25, 0.3) is 0 Å². The summed E-state index contributed by atoms with van der Waals surface area (Å²) in [5.41, 5.74) is 8.04. The summed E-state index contributed by atoms with van der Waals surface area (Å²) >= 11 is 0. The number of rotatable bonds is 7. The van der Waals surface area contributed by atoms with Crippen LogP contribution >= 0.6 is 0 Å². The van der Waals surface area contributed by atoms with Gasteiger partial charge in [0.2, 0.25) is 11.8 Å². The zero-order valence-corrected chi connectivity index (χ0v) is 22.7. The smallest absolute Gasteiger partial charge is 0.330 e. The van der Waals surface area contributed by atoms with E-state index in [-0.39, 0.29) is 23.6 Å². The molecule has 6 heterocycles. The van der Waals surface area contributed by atoms with Crippen LogP contribution < -0.4 is 26.4 Å². The van der Waals surface area contributed by atoms with Crippen molar-refractivity contribution in [3.63, 3.8) is 0 Å². The maximum absolute atomic E-state index is 15.0. The molecule has 2 saturated heterocycles. The monoisotopic (exact) mass is 562 g/mol. The van der Waals surface area contributed by atoms with E-state index in [1.807, 2.05) is 6.07 Å². The van der Waals surface area contributed by atoms with Crippen LogP contribution in [0.15, 0.2) is 45.8 Å². The highest BCUT2D eigenvalue weighted by atomic mass is 19.1. The lowest BCUT2D eigenvalue weighted by atomic mass is 10.2. The Kier molecular flexibility index (Phi) is 6.35. The average Bonchev–Trinajstić information content (AvgIpc) is 3.78. The molecule has 41 heavy (non-hydrogen) atoms. The minimum Gasteiger partial charge on any atom is -0.489 e. The number of hydrogen-bond acceptors (Lipinski definition) is 10. The number of fused-ring (bicyclic) bond motifs is 3. The number of aromatic nitrogens is 6. The molecule has 13 nitrogen and oxygen atoms in total. The molecule has 2 aliphatic rings. The minimum absolute atomic E-state index is 0.0891. The average molecular weight is 563 g/mol. The lowest BCUT2D eigenvalue weighted by Crippen LogP contribution is -2.47. The fourth-order valence-electron chi connectivity index (χ4n) is 5.69. The Morgan fingerprint density at radius 3 is 2.73 bits per heavy atom. The highest BCUT2D eigenvalue weighted by molar-refractivity contribution is 5.88. The van der Waals surface area contributed by atoms with E-state index in [1.165, 1.54) is 15.1 Å². The maximum Gasteiger partial charge on any atom is 0.330 e. The second-order valence-corrected chi connectivity index (χ2v) is 10.5. The van der Waals surface area contributed by atoms with Crippen molar-refractivity contribution in [3.8, 4) is 17.3 Å². The molecular formula is C27H31FN10O3. The molecule has 3 N–H and O–H groups in total. The van der Waals surface area contributed by atoms with E-state index >= 15 is 0 Å². The summed E-state index contributed by atoms with van der Waals surface area (Å²) in [4.78, 5) is 26.7. The molecule has 14 heteroatoms. The Labute approximate surface area is 233 Å². The van der Waals surface area contributed by atoms with Crippen molar-refractivity contribution in [1.82, 2.24) is 38.9 Å². The predicted molar refractivity (Wildman–Crippen MR) is 151 cm³/mol. The van der Waals surface area contributed by atoms with Gasteiger partial charge in [-0.05, 0) is 37.2 Å². The van der Waals surface area contributed by atoms with E-state index in [2.05, 4.69) is 30.2 Å². The minimum atomic E-state index is -0.275. The Bertz CT molecular complexity index is 1760. The number of furan rings is 1. The van der Waals surface area contributed by atoms with Crippen LogP contribution in [0, 0.1) is 5.82 Å². The van der Waals surface area contributed by atoms with Gasteiger partial charge in [0, 0.05) is 58.9 Å². The Hall–Kier alpha value is -4.43. The van der Waals surface area contributed by atoms with E-state index in [9.17, 15) is 9.18 Å². The van der Waals surface area contributed by atoms with Crippen LogP contribution in [0.3, 0.4) is 0 Å². The summed E-state index contributed by atoms with van der Waals surface area (Å²) < 4.78 is 30.9. The zero-order valence-electron chi connectivity index (χ0n) is 22.7. The van der Waals surface area contributed by atoms with E-state index in [0.717, 1.165) is 32.6 Å². The third-order valence-electron chi connectivity index (χ3n) is 7.91. The van der Waals surface area contributed by atoms with E-state index in [4.69, 9.17) is 14.9 Å². The highest BCUT2D eigenvalue weighted by Gasteiger charge is 2.24. The molecule has 4 aromatic heterocycles. The summed E-state index contributed by atoms with van der Waals surface area (Å²) in [6.45, 7) is 5.60. The van der Waals surface area contributed by atoms with Crippen molar-refractivity contribution >= 4 is 28.4 Å². The van der Waals surface area contributed by atoms with E-state index in [1.54, 1.807) is 36.1 Å². The number of halogens is 1. The standard InChI is InChI=1S/C27H31FN10O3/c1-34-22-24(32-26(29)38-25(22)31-23(33-38)21-3-2-14-40-21)37(27(34)39)13-10-35-8-11-36(12-9-35)20-5-4-17(15-19(20)28)41-18-6-7-30-16-18/h2-5,14-15,18,30H,6-13,16H2,1H3,(H2,29,32). The lowest BCUT2D eigenvalue weighted by Gasteiger charge is -2.36. The highest BCUT2D eigenvalue weighted by Crippen LogP contribution is 2.27. The van der Waals surface area contributed by atoms with Gasteiger partial charge in [0.15, 0.2) is 17.1 Å². The Balaban J connectivity index is 1.04. The molecule has 2 aliphatic heterocycles. The topological polar surface area (TPSA) is 137 Å². The molecule has 5 aromatic rings. The molecule has 0 saturated carbocycles. The normalized spacial score (nSPS) is 18.2.